The Hall–Kier alpha value is -0.260. The van der Waals surface area contributed by atoms with Crippen molar-refractivity contribution in [1.29, 1.82) is 0 Å². The Labute approximate surface area is 166 Å². The fourth-order valence-electron chi connectivity index (χ4n) is 2.79. The minimum absolute atomic E-state index is 0.424. The van der Waals surface area contributed by atoms with Crippen LogP contribution in [-0.2, 0) is 9.53 Å². The van der Waals surface area contributed by atoms with Gasteiger partial charge in [0.1, 0.15) is 6.04 Å². The summed E-state index contributed by atoms with van der Waals surface area (Å²) in [6, 6.07) is -0.424. The molecule has 156 valence electrons. The van der Waals surface area contributed by atoms with E-state index in [2.05, 4.69) is 12.2 Å². The maximum absolute atomic E-state index is 11.1. The Balaban J connectivity index is 3.22. The summed E-state index contributed by atoms with van der Waals surface area (Å²) in [6.45, 7) is 6.74. The van der Waals surface area contributed by atoms with E-state index in [1.54, 1.807) is 11.8 Å². The van der Waals surface area contributed by atoms with E-state index in [0.29, 0.717) is 5.75 Å². The van der Waals surface area contributed by atoms with Crippen molar-refractivity contribution in [2.24, 2.45) is 0 Å². The van der Waals surface area contributed by atoms with E-state index >= 15 is 0 Å². The lowest BCUT2D eigenvalue weighted by atomic mass is 10.1. The molecule has 0 amide bonds. The van der Waals surface area contributed by atoms with Gasteiger partial charge in [-0.1, -0.05) is 71.6 Å². The number of aliphatic carboxylic acids is 1. The zero-order valence-corrected chi connectivity index (χ0v) is 18.1. The van der Waals surface area contributed by atoms with Crippen LogP contribution in [0.25, 0.3) is 0 Å². The molecule has 5 heteroatoms. The zero-order valence-electron chi connectivity index (χ0n) is 17.3. The molecule has 0 aromatic heterocycles. The first-order valence-electron chi connectivity index (χ1n) is 10.8. The molecule has 26 heavy (non-hydrogen) atoms. The highest BCUT2D eigenvalue weighted by atomic mass is 32.2. The summed E-state index contributed by atoms with van der Waals surface area (Å²) in [6.07, 6.45) is 15.5. The van der Waals surface area contributed by atoms with Crippen molar-refractivity contribution < 1.29 is 14.6 Å². The van der Waals surface area contributed by atoms with Crippen LogP contribution in [0.5, 0.6) is 0 Å². The molecule has 0 heterocycles. The van der Waals surface area contributed by atoms with Gasteiger partial charge in [0.15, 0.2) is 0 Å². The summed E-state index contributed by atoms with van der Waals surface area (Å²) < 4.78 is 5.68. The van der Waals surface area contributed by atoms with E-state index in [1.807, 2.05) is 6.92 Å². The number of unbranched alkanes of at least 4 members (excludes halogenated alkanes) is 9. The van der Waals surface area contributed by atoms with E-state index < -0.39 is 12.0 Å². The van der Waals surface area contributed by atoms with Crippen LogP contribution in [0, 0.1) is 0 Å². The monoisotopic (exact) mass is 389 g/mol. The lowest BCUT2D eigenvalue weighted by Crippen LogP contribution is -2.39. The number of rotatable bonds is 21. The second-order valence-corrected chi connectivity index (χ2v) is 8.22. The van der Waals surface area contributed by atoms with Crippen LogP contribution in [0.2, 0.25) is 0 Å². The molecule has 0 aliphatic heterocycles. The SMILES string of the molecule is CCCCCCCCCCCCOCCCSCC(NCCC)C(=O)O. The zero-order chi connectivity index (χ0) is 19.3. The van der Waals surface area contributed by atoms with Gasteiger partial charge in [0.05, 0.1) is 0 Å². The summed E-state index contributed by atoms with van der Waals surface area (Å²) in [5, 5.41) is 12.2. The Kier molecular flexibility index (Phi) is 20.8. The maximum Gasteiger partial charge on any atom is 0.321 e. The first-order chi connectivity index (χ1) is 12.7. The molecular formula is C21H43NO3S. The third-order valence-corrected chi connectivity index (χ3v) is 5.59. The van der Waals surface area contributed by atoms with Crippen LogP contribution in [0.3, 0.4) is 0 Å². The molecule has 1 atom stereocenters. The fourth-order valence-corrected chi connectivity index (χ4v) is 3.78. The van der Waals surface area contributed by atoms with Crippen molar-refractivity contribution in [2.75, 3.05) is 31.3 Å². The number of carbonyl (C=O) groups is 1. The Morgan fingerprint density at radius 1 is 0.885 bits per heavy atom. The van der Waals surface area contributed by atoms with Gasteiger partial charge in [0.25, 0.3) is 0 Å². The number of nitrogens with one attached hydrogen (secondary N) is 1. The molecule has 0 fully saturated rings. The molecule has 0 aliphatic carbocycles. The summed E-state index contributed by atoms with van der Waals surface area (Å²) in [5.74, 6) is 0.854. The lowest BCUT2D eigenvalue weighted by Gasteiger charge is -2.13. The average molecular weight is 390 g/mol. The highest BCUT2D eigenvalue weighted by Crippen LogP contribution is 2.10. The van der Waals surface area contributed by atoms with Crippen molar-refractivity contribution in [3.8, 4) is 0 Å². The first kappa shape index (κ1) is 25.7. The standard InChI is InChI=1S/C21H43NO3S/c1-3-5-6-7-8-9-10-11-12-13-16-25-17-14-18-26-19-20(21(23)24)22-15-4-2/h20,22H,3-19H2,1-2H3,(H,23,24). The smallest absolute Gasteiger partial charge is 0.321 e. The van der Waals surface area contributed by atoms with E-state index in [4.69, 9.17) is 9.84 Å². The molecule has 0 spiro atoms. The van der Waals surface area contributed by atoms with Gasteiger partial charge in [0, 0.05) is 19.0 Å². The highest BCUT2D eigenvalue weighted by Gasteiger charge is 2.15. The number of hydrogen-bond donors (Lipinski definition) is 2. The molecule has 0 rings (SSSR count). The van der Waals surface area contributed by atoms with Crippen LogP contribution < -0.4 is 5.32 Å². The van der Waals surface area contributed by atoms with Gasteiger partial charge in [-0.3, -0.25) is 4.79 Å². The molecule has 0 aromatic carbocycles. The number of thioether (sulfide) groups is 1. The van der Waals surface area contributed by atoms with E-state index in [1.165, 1.54) is 64.2 Å². The summed E-state index contributed by atoms with van der Waals surface area (Å²) in [5.41, 5.74) is 0. The van der Waals surface area contributed by atoms with Crippen LogP contribution in [0.4, 0.5) is 0 Å². The largest absolute Gasteiger partial charge is 0.480 e. The Morgan fingerprint density at radius 2 is 1.46 bits per heavy atom. The van der Waals surface area contributed by atoms with E-state index in [0.717, 1.165) is 38.4 Å². The second kappa shape index (κ2) is 21.0. The Morgan fingerprint density at radius 3 is 2.04 bits per heavy atom. The molecule has 2 N–H and O–H groups in total. The van der Waals surface area contributed by atoms with Crippen LogP contribution >= 0.6 is 11.8 Å². The number of ether oxygens (including phenoxy) is 1. The van der Waals surface area contributed by atoms with Gasteiger partial charge in [-0.25, -0.2) is 0 Å². The van der Waals surface area contributed by atoms with Gasteiger partial charge >= 0.3 is 5.97 Å². The van der Waals surface area contributed by atoms with Gasteiger partial charge < -0.3 is 15.2 Å². The number of carboxylic acids is 1. The predicted octanol–water partition coefficient (Wildman–Crippen LogP) is 5.50. The fraction of sp³-hybridized carbons (Fsp3) is 0.952. The van der Waals surface area contributed by atoms with Crippen molar-refractivity contribution in [2.45, 2.75) is 96.9 Å². The number of hydrogen-bond acceptors (Lipinski definition) is 4. The molecule has 4 nitrogen and oxygen atoms in total. The molecule has 0 radical (unpaired) electrons. The topological polar surface area (TPSA) is 58.6 Å². The lowest BCUT2D eigenvalue weighted by molar-refractivity contribution is -0.138. The number of carboxylic acid groups (broad SMARTS) is 1. The quantitative estimate of drug-likeness (QED) is 0.254. The maximum atomic E-state index is 11.1. The van der Waals surface area contributed by atoms with E-state index in [-0.39, 0.29) is 0 Å². The van der Waals surface area contributed by atoms with Gasteiger partial charge in [-0.05, 0) is 31.6 Å². The molecule has 0 aromatic rings. The van der Waals surface area contributed by atoms with E-state index in [9.17, 15) is 4.79 Å². The molecule has 0 aliphatic rings. The first-order valence-corrected chi connectivity index (χ1v) is 12.0. The van der Waals surface area contributed by atoms with Gasteiger partial charge in [-0.2, -0.15) is 11.8 Å². The minimum Gasteiger partial charge on any atom is -0.480 e. The van der Waals surface area contributed by atoms with Gasteiger partial charge in [-0.15, -0.1) is 0 Å². The van der Waals surface area contributed by atoms with Crippen molar-refractivity contribution >= 4 is 17.7 Å². The average Bonchev–Trinajstić information content (AvgIpc) is 2.63. The molecule has 0 saturated carbocycles. The predicted molar refractivity (Wildman–Crippen MR) is 114 cm³/mol. The van der Waals surface area contributed by atoms with Crippen molar-refractivity contribution in [3.63, 3.8) is 0 Å². The molecule has 0 saturated heterocycles. The third kappa shape index (κ3) is 18.5. The minimum atomic E-state index is -0.747. The normalized spacial score (nSPS) is 12.4. The summed E-state index contributed by atoms with van der Waals surface area (Å²) in [4.78, 5) is 11.1. The highest BCUT2D eigenvalue weighted by molar-refractivity contribution is 7.99. The molecular weight excluding hydrogens is 346 g/mol. The Bertz CT molecular complexity index is 303. The second-order valence-electron chi connectivity index (χ2n) is 7.07. The van der Waals surface area contributed by atoms with Crippen LogP contribution in [-0.4, -0.2) is 48.4 Å². The summed E-state index contributed by atoms with van der Waals surface area (Å²) >= 11 is 1.70. The summed E-state index contributed by atoms with van der Waals surface area (Å²) in [7, 11) is 0. The molecule has 0 bridgehead atoms. The molecule has 1 unspecified atom stereocenters. The van der Waals surface area contributed by atoms with Crippen molar-refractivity contribution in [3.05, 3.63) is 0 Å². The van der Waals surface area contributed by atoms with Crippen LogP contribution in [0.15, 0.2) is 0 Å². The van der Waals surface area contributed by atoms with Crippen LogP contribution in [0.1, 0.15) is 90.9 Å². The van der Waals surface area contributed by atoms with Crippen molar-refractivity contribution in [1.82, 2.24) is 5.32 Å². The van der Waals surface area contributed by atoms with Gasteiger partial charge in [0.2, 0.25) is 0 Å². The third-order valence-electron chi connectivity index (χ3n) is 4.44.